The summed E-state index contributed by atoms with van der Waals surface area (Å²) in [4.78, 5) is 0. The fourth-order valence-electron chi connectivity index (χ4n) is 4.89. The first-order valence-electron chi connectivity index (χ1n) is 5.36. The molecule has 4 fully saturated rings. The lowest BCUT2D eigenvalue weighted by atomic mass is 9.79. The first-order chi connectivity index (χ1) is 5.36. The Bertz CT molecular complexity index is 228. The van der Waals surface area contributed by atoms with Gasteiger partial charge < -0.3 is 0 Å². The van der Waals surface area contributed by atoms with E-state index in [4.69, 9.17) is 0 Å². The van der Waals surface area contributed by atoms with Crippen molar-refractivity contribution in [1.29, 1.82) is 0 Å². The molecule has 0 spiro atoms. The van der Waals surface area contributed by atoms with E-state index >= 15 is 0 Å². The summed E-state index contributed by atoms with van der Waals surface area (Å²) >= 11 is 0. The molecule has 0 aliphatic heterocycles. The van der Waals surface area contributed by atoms with Gasteiger partial charge in [-0.2, -0.15) is 0 Å². The highest BCUT2D eigenvalue weighted by molar-refractivity contribution is 5.29. The molecule has 0 heterocycles. The van der Waals surface area contributed by atoms with Crippen LogP contribution in [0.1, 0.15) is 44.9 Å². The van der Waals surface area contributed by atoms with Crippen LogP contribution in [0.2, 0.25) is 0 Å². The Morgan fingerprint density at radius 1 is 1.09 bits per heavy atom. The van der Waals surface area contributed by atoms with Gasteiger partial charge in [-0.3, -0.25) is 0 Å². The van der Waals surface area contributed by atoms with Gasteiger partial charge in [0.15, 0.2) is 0 Å². The Balaban J connectivity index is 1.81. The molecule has 0 aromatic carbocycles. The fraction of sp³-hybridized carbons (Fsp3) is 1.00. The van der Waals surface area contributed by atoms with E-state index in [9.17, 15) is 0 Å². The zero-order valence-electron chi connectivity index (χ0n) is 7.10. The van der Waals surface area contributed by atoms with E-state index in [0.29, 0.717) is 0 Å². The lowest BCUT2D eigenvalue weighted by molar-refractivity contribution is 0.241. The molecule has 3 unspecified atom stereocenters. The third-order valence-corrected chi connectivity index (χ3v) is 5.40. The average molecular weight is 148 g/mol. The number of hydrogen-bond acceptors (Lipinski definition) is 0. The quantitative estimate of drug-likeness (QED) is 0.495. The summed E-state index contributed by atoms with van der Waals surface area (Å²) in [6.45, 7) is 0. The van der Waals surface area contributed by atoms with Gasteiger partial charge in [-0.1, -0.05) is 12.8 Å². The molecule has 0 N–H and O–H groups in total. The van der Waals surface area contributed by atoms with E-state index in [1.54, 1.807) is 44.9 Å². The van der Waals surface area contributed by atoms with Crippen molar-refractivity contribution in [3.8, 4) is 0 Å². The van der Waals surface area contributed by atoms with E-state index in [1.165, 1.54) is 11.8 Å². The topological polar surface area (TPSA) is 0 Å². The summed E-state index contributed by atoms with van der Waals surface area (Å²) in [7, 11) is 0. The second-order valence-electron chi connectivity index (χ2n) is 5.63. The van der Waals surface area contributed by atoms with Crippen LogP contribution in [-0.2, 0) is 0 Å². The van der Waals surface area contributed by atoms with Crippen molar-refractivity contribution < 1.29 is 0 Å². The SMILES string of the molecule is C1CC[C@@]23CC4CC4C2(C1)C3. The maximum Gasteiger partial charge on any atom is -0.0204 e. The predicted octanol–water partition coefficient (Wildman–Crippen LogP) is 2.98. The molecule has 0 radical (unpaired) electrons. The second-order valence-corrected chi connectivity index (χ2v) is 5.63. The van der Waals surface area contributed by atoms with Gasteiger partial charge in [0.2, 0.25) is 0 Å². The van der Waals surface area contributed by atoms with Gasteiger partial charge in [0.25, 0.3) is 0 Å². The normalized spacial score (nSPS) is 69.8. The monoisotopic (exact) mass is 148 g/mol. The van der Waals surface area contributed by atoms with Crippen LogP contribution in [0.3, 0.4) is 0 Å². The van der Waals surface area contributed by atoms with Crippen molar-refractivity contribution in [3.63, 3.8) is 0 Å². The van der Waals surface area contributed by atoms with Crippen LogP contribution < -0.4 is 0 Å². The molecule has 4 aliphatic carbocycles. The zero-order valence-corrected chi connectivity index (χ0v) is 7.10. The molecular formula is C11H16. The minimum Gasteiger partial charge on any atom is -0.0527 e. The summed E-state index contributed by atoms with van der Waals surface area (Å²) in [5, 5.41) is 0. The van der Waals surface area contributed by atoms with Gasteiger partial charge >= 0.3 is 0 Å². The largest absolute Gasteiger partial charge is 0.0527 e. The maximum atomic E-state index is 1.65. The van der Waals surface area contributed by atoms with E-state index in [0.717, 1.165) is 10.8 Å². The van der Waals surface area contributed by atoms with Crippen molar-refractivity contribution in [2.45, 2.75) is 44.9 Å². The maximum absolute atomic E-state index is 1.65. The van der Waals surface area contributed by atoms with Crippen LogP contribution in [0.25, 0.3) is 0 Å². The Hall–Kier alpha value is 0. The highest BCUT2D eigenvalue weighted by Gasteiger charge is 2.80. The van der Waals surface area contributed by atoms with E-state index in [2.05, 4.69) is 0 Å². The van der Waals surface area contributed by atoms with Crippen LogP contribution in [0.4, 0.5) is 0 Å². The van der Waals surface area contributed by atoms with Crippen molar-refractivity contribution in [2.24, 2.45) is 22.7 Å². The molecule has 0 nitrogen and oxygen atoms in total. The number of hydrogen-bond donors (Lipinski definition) is 0. The van der Waals surface area contributed by atoms with Crippen molar-refractivity contribution in [3.05, 3.63) is 0 Å². The molecule has 0 saturated heterocycles. The molecule has 0 bridgehead atoms. The van der Waals surface area contributed by atoms with Gasteiger partial charge in [-0.25, -0.2) is 0 Å². The Morgan fingerprint density at radius 3 is 2.91 bits per heavy atom. The Labute approximate surface area is 68.4 Å². The van der Waals surface area contributed by atoms with Crippen molar-refractivity contribution in [1.82, 2.24) is 0 Å². The number of fused-ring (bicyclic) bond motifs is 1. The van der Waals surface area contributed by atoms with E-state index in [-0.39, 0.29) is 0 Å². The van der Waals surface area contributed by atoms with Gasteiger partial charge in [0.05, 0.1) is 0 Å². The third-order valence-electron chi connectivity index (χ3n) is 5.40. The summed E-state index contributed by atoms with van der Waals surface area (Å²) in [5.41, 5.74) is 1.93. The lowest BCUT2D eigenvalue weighted by Crippen LogP contribution is -2.16. The molecule has 0 aromatic rings. The summed E-state index contributed by atoms with van der Waals surface area (Å²) < 4.78 is 0. The van der Waals surface area contributed by atoms with Gasteiger partial charge in [-0.15, -0.1) is 0 Å². The van der Waals surface area contributed by atoms with Crippen molar-refractivity contribution in [2.75, 3.05) is 0 Å². The van der Waals surface area contributed by atoms with Crippen LogP contribution in [0.15, 0.2) is 0 Å². The molecule has 11 heavy (non-hydrogen) atoms. The van der Waals surface area contributed by atoms with E-state index < -0.39 is 0 Å². The molecule has 4 atom stereocenters. The summed E-state index contributed by atoms with van der Waals surface area (Å²) in [6.07, 6.45) is 11.3. The smallest absolute Gasteiger partial charge is 0.0204 e. The first kappa shape index (κ1) is 5.61. The average Bonchev–Trinajstić information content (AvgIpc) is 2.84. The van der Waals surface area contributed by atoms with Crippen molar-refractivity contribution >= 4 is 0 Å². The molecule has 4 aliphatic rings. The van der Waals surface area contributed by atoms with Gasteiger partial charge in [-0.05, 0) is 54.8 Å². The summed E-state index contributed by atoms with van der Waals surface area (Å²) in [5.74, 6) is 2.46. The highest BCUT2D eigenvalue weighted by Crippen LogP contribution is 2.88. The fourth-order valence-corrected chi connectivity index (χ4v) is 4.89. The molecule has 0 aromatic heterocycles. The molecule has 60 valence electrons. The summed E-state index contributed by atoms with van der Waals surface area (Å²) in [6, 6.07) is 0. The molecule has 0 amide bonds. The minimum absolute atomic E-state index is 0.957. The Kier molecular flexibility index (Phi) is 0.661. The minimum atomic E-state index is 0.957. The van der Waals surface area contributed by atoms with Gasteiger partial charge in [0.1, 0.15) is 0 Å². The lowest BCUT2D eigenvalue weighted by Gasteiger charge is -2.26. The third kappa shape index (κ3) is 0.421. The molecule has 4 rings (SSSR count). The second kappa shape index (κ2) is 1.30. The number of rotatable bonds is 0. The molecule has 0 heteroatoms. The Morgan fingerprint density at radius 2 is 2.00 bits per heavy atom. The van der Waals surface area contributed by atoms with Crippen LogP contribution >= 0.6 is 0 Å². The van der Waals surface area contributed by atoms with Crippen LogP contribution in [-0.4, -0.2) is 0 Å². The van der Waals surface area contributed by atoms with Crippen LogP contribution in [0.5, 0.6) is 0 Å². The zero-order chi connectivity index (χ0) is 7.10. The molecule has 4 saturated carbocycles. The van der Waals surface area contributed by atoms with E-state index in [1.807, 2.05) is 0 Å². The highest BCUT2D eigenvalue weighted by atomic mass is 14.8. The predicted molar refractivity (Wildman–Crippen MR) is 44.2 cm³/mol. The van der Waals surface area contributed by atoms with Gasteiger partial charge in [0, 0.05) is 0 Å². The molecular weight excluding hydrogens is 132 g/mol. The van der Waals surface area contributed by atoms with Crippen LogP contribution in [0, 0.1) is 22.7 Å². The first-order valence-corrected chi connectivity index (χ1v) is 5.36. The standard InChI is InChI=1S/C11H16/c1-2-4-11-7-10(11,3-1)6-8-5-9(8)11/h8-9H,1-7H2/t8?,9?,10-,11?/m0/s1.